The molecular formula is C39H71NO12. The molecule has 8 unspecified atom stereocenters. The standard InChI is InChI=1S/C39H71NO12/c1-15-27(41)39(12,45)34-22(6)30-20(4)17-38(11,52-30)33(51-36-29(42)26(16-21(5)47-36)40(13)19(2)3)23(7)31(24(8)35(44)50-34)49-28-18-37(10,46-14)32(43)25(9)48-28/h19-34,36,41-43,45H,15-18H2,1-14H3/t20?,21?,22-,23-,24+,25?,26?,27+,28-,29?,30?,31+,32-,33+,34+,36-,37?,38?,39+/m0/s1. The molecule has 2 bridgehead atoms. The molecule has 19 atom stereocenters. The summed E-state index contributed by atoms with van der Waals surface area (Å²) < 4.78 is 45.4. The van der Waals surface area contributed by atoms with Crippen molar-refractivity contribution in [3.63, 3.8) is 0 Å². The highest BCUT2D eigenvalue weighted by molar-refractivity contribution is 5.73. The van der Waals surface area contributed by atoms with Crippen molar-refractivity contribution in [3.8, 4) is 0 Å². The van der Waals surface area contributed by atoms with Gasteiger partial charge in [-0.05, 0) is 87.6 Å². The summed E-state index contributed by atoms with van der Waals surface area (Å²) in [5.41, 5.74) is -3.73. The third kappa shape index (κ3) is 8.55. The molecule has 4 N–H and O–H groups in total. The number of aliphatic hydroxyl groups excluding tert-OH is 3. The molecule has 52 heavy (non-hydrogen) atoms. The van der Waals surface area contributed by atoms with Gasteiger partial charge in [-0.15, -0.1) is 0 Å². The molecule has 0 spiro atoms. The number of nitrogens with zero attached hydrogens (tertiary/aromatic N) is 1. The summed E-state index contributed by atoms with van der Waals surface area (Å²) in [5, 5.41) is 45.6. The molecule has 0 aromatic heterocycles. The molecule has 0 amide bonds. The van der Waals surface area contributed by atoms with E-state index in [1.807, 2.05) is 34.7 Å². The molecule has 13 nitrogen and oxygen atoms in total. The van der Waals surface area contributed by atoms with E-state index >= 15 is 0 Å². The van der Waals surface area contributed by atoms with Crippen molar-refractivity contribution >= 4 is 5.97 Å². The smallest absolute Gasteiger partial charge is 0.311 e. The van der Waals surface area contributed by atoms with Gasteiger partial charge in [-0.2, -0.15) is 0 Å². The van der Waals surface area contributed by atoms with Crippen molar-refractivity contribution in [3.05, 3.63) is 0 Å². The maximum Gasteiger partial charge on any atom is 0.311 e. The number of hydrogen-bond donors (Lipinski definition) is 4. The fourth-order valence-electron chi connectivity index (χ4n) is 9.48. The molecule has 4 fully saturated rings. The average Bonchev–Trinajstić information content (AvgIpc) is 3.40. The van der Waals surface area contributed by atoms with E-state index in [0.29, 0.717) is 12.8 Å². The van der Waals surface area contributed by atoms with Crippen molar-refractivity contribution in [2.24, 2.45) is 23.7 Å². The van der Waals surface area contributed by atoms with Crippen molar-refractivity contribution in [1.82, 2.24) is 4.90 Å². The van der Waals surface area contributed by atoms with Gasteiger partial charge in [0.1, 0.15) is 23.9 Å². The van der Waals surface area contributed by atoms with E-state index in [9.17, 15) is 25.2 Å². The zero-order valence-electron chi connectivity index (χ0n) is 34.1. The Morgan fingerprint density at radius 1 is 1.02 bits per heavy atom. The van der Waals surface area contributed by atoms with Crippen LogP contribution in [-0.4, -0.2) is 142 Å². The highest BCUT2D eigenvalue weighted by Crippen LogP contribution is 2.48. The van der Waals surface area contributed by atoms with Gasteiger partial charge < -0.3 is 53.6 Å². The largest absolute Gasteiger partial charge is 0.459 e. The Hall–Kier alpha value is -0.970. The van der Waals surface area contributed by atoms with Crippen LogP contribution in [0.3, 0.4) is 0 Å². The first-order valence-electron chi connectivity index (χ1n) is 19.6. The molecule has 4 saturated heterocycles. The van der Waals surface area contributed by atoms with Gasteiger partial charge in [0.25, 0.3) is 0 Å². The average molecular weight is 746 g/mol. The first-order valence-corrected chi connectivity index (χ1v) is 19.6. The van der Waals surface area contributed by atoms with Crippen LogP contribution in [0.25, 0.3) is 0 Å². The molecule has 4 aliphatic rings. The first-order chi connectivity index (χ1) is 24.0. The van der Waals surface area contributed by atoms with E-state index in [0.717, 1.165) is 0 Å². The number of aliphatic hydroxyl groups is 4. The molecule has 0 saturated carbocycles. The molecule has 0 aromatic rings. The van der Waals surface area contributed by atoms with Crippen LogP contribution in [0.1, 0.15) is 109 Å². The molecule has 0 aliphatic carbocycles. The maximum atomic E-state index is 14.3. The van der Waals surface area contributed by atoms with Gasteiger partial charge in [-0.1, -0.05) is 27.7 Å². The third-order valence-electron chi connectivity index (χ3n) is 13.0. The number of methoxy groups -OCH3 is 1. The molecule has 4 aliphatic heterocycles. The second-order valence-corrected chi connectivity index (χ2v) is 17.6. The van der Waals surface area contributed by atoms with Gasteiger partial charge in [0, 0.05) is 37.5 Å². The monoisotopic (exact) mass is 745 g/mol. The zero-order valence-corrected chi connectivity index (χ0v) is 34.1. The van der Waals surface area contributed by atoms with Crippen LogP contribution >= 0.6 is 0 Å². The minimum absolute atomic E-state index is 0.0624. The Morgan fingerprint density at radius 2 is 1.65 bits per heavy atom. The number of carbonyl (C=O) groups is 1. The van der Waals surface area contributed by atoms with Gasteiger partial charge in [-0.25, -0.2) is 0 Å². The molecule has 13 heteroatoms. The Bertz CT molecular complexity index is 1190. The maximum absolute atomic E-state index is 14.3. The summed E-state index contributed by atoms with van der Waals surface area (Å²) in [5.74, 6) is -2.69. The van der Waals surface area contributed by atoms with Gasteiger partial charge >= 0.3 is 5.97 Å². The second kappa shape index (κ2) is 16.6. The summed E-state index contributed by atoms with van der Waals surface area (Å²) in [6.45, 7) is 22.5. The number of likely N-dealkylation sites (N-methyl/N-ethyl adjacent to an activating group) is 1. The predicted molar refractivity (Wildman–Crippen MR) is 193 cm³/mol. The number of ether oxygens (including phenoxy) is 7. The fraction of sp³-hybridized carbons (Fsp3) is 0.974. The van der Waals surface area contributed by atoms with Crippen molar-refractivity contribution < 1.29 is 58.4 Å². The van der Waals surface area contributed by atoms with Crippen molar-refractivity contribution in [1.29, 1.82) is 0 Å². The highest BCUT2D eigenvalue weighted by Gasteiger charge is 2.59. The van der Waals surface area contributed by atoms with E-state index in [4.69, 9.17) is 33.2 Å². The van der Waals surface area contributed by atoms with Gasteiger partial charge in [0.2, 0.25) is 0 Å². The lowest BCUT2D eigenvalue weighted by molar-refractivity contribution is -0.318. The Morgan fingerprint density at radius 3 is 2.23 bits per heavy atom. The number of carbonyl (C=O) groups excluding carboxylic acids is 1. The van der Waals surface area contributed by atoms with E-state index in [2.05, 4.69) is 25.7 Å². The van der Waals surface area contributed by atoms with Crippen LogP contribution in [0.2, 0.25) is 0 Å². The van der Waals surface area contributed by atoms with Crippen molar-refractivity contribution in [2.75, 3.05) is 14.2 Å². The van der Waals surface area contributed by atoms with E-state index in [1.54, 1.807) is 27.7 Å². The Kier molecular flexibility index (Phi) is 14.0. The Labute approximate surface area is 311 Å². The Balaban J connectivity index is 1.83. The number of rotatable bonds is 10. The van der Waals surface area contributed by atoms with Gasteiger partial charge in [-0.3, -0.25) is 9.69 Å². The van der Waals surface area contributed by atoms with Crippen LogP contribution in [-0.2, 0) is 38.0 Å². The summed E-state index contributed by atoms with van der Waals surface area (Å²) in [6, 6.07) is -0.0455. The topological polar surface area (TPSA) is 166 Å². The van der Waals surface area contributed by atoms with Crippen molar-refractivity contribution in [2.45, 2.75) is 205 Å². The normalized spacial score (nSPS) is 48.2. The van der Waals surface area contributed by atoms with Crippen LogP contribution in [0.15, 0.2) is 0 Å². The summed E-state index contributed by atoms with van der Waals surface area (Å²) in [4.78, 5) is 16.5. The van der Waals surface area contributed by atoms with Gasteiger partial charge in [0.05, 0.1) is 53.7 Å². The molecule has 4 rings (SSSR count). The fourth-order valence-corrected chi connectivity index (χ4v) is 9.48. The first kappa shape index (κ1) is 43.8. The molecule has 4 heterocycles. The lowest BCUT2D eigenvalue weighted by atomic mass is 9.76. The second-order valence-electron chi connectivity index (χ2n) is 17.6. The van der Waals surface area contributed by atoms with Crippen LogP contribution in [0.4, 0.5) is 0 Å². The van der Waals surface area contributed by atoms with Crippen LogP contribution in [0.5, 0.6) is 0 Å². The number of hydrogen-bond acceptors (Lipinski definition) is 13. The molecule has 304 valence electrons. The minimum atomic E-state index is -1.79. The summed E-state index contributed by atoms with van der Waals surface area (Å²) in [7, 11) is 3.53. The quantitative estimate of drug-likeness (QED) is 0.241. The van der Waals surface area contributed by atoms with E-state index in [1.165, 1.54) is 14.0 Å². The highest BCUT2D eigenvalue weighted by atomic mass is 16.7. The molecule has 0 radical (unpaired) electrons. The lowest BCUT2D eigenvalue weighted by Crippen LogP contribution is -2.61. The third-order valence-corrected chi connectivity index (χ3v) is 13.0. The summed E-state index contributed by atoms with van der Waals surface area (Å²) in [6.07, 6.45) is -7.43. The van der Waals surface area contributed by atoms with E-state index in [-0.39, 0.29) is 36.9 Å². The van der Waals surface area contributed by atoms with Gasteiger partial charge in [0.15, 0.2) is 12.6 Å². The lowest BCUT2D eigenvalue weighted by Gasteiger charge is -2.49. The number of fused-ring (bicyclic) bond motifs is 2. The SMILES string of the molecule is CC[C@@H](O)[C@@](C)(O)[C@@H]1OC(=O)[C@H](C)[C@H](O[C@H]2CC(C)(OC)[C@@H](O)C(C)O2)[C@H](C)[C@@H](O[C@@H]2OC(C)CC(N(C)C(C)C)C2O)C2(C)CC(C)C(O2)[C@@H]1C. The number of esters is 1. The molecular weight excluding hydrogens is 674 g/mol. The number of cyclic esters (lactones) is 1. The zero-order chi connectivity index (χ0) is 39.2. The molecule has 0 aromatic carbocycles. The minimum Gasteiger partial charge on any atom is -0.459 e. The van der Waals surface area contributed by atoms with Crippen LogP contribution < -0.4 is 0 Å². The summed E-state index contributed by atoms with van der Waals surface area (Å²) >= 11 is 0. The van der Waals surface area contributed by atoms with Crippen LogP contribution in [0, 0.1) is 23.7 Å². The van der Waals surface area contributed by atoms with E-state index < -0.39 is 102 Å². The predicted octanol–water partition coefficient (Wildman–Crippen LogP) is 3.40.